The maximum Gasteiger partial charge on any atom is 0.240 e. The molecule has 2 aromatic carbocycles. The molecule has 4 rings (SSSR count). The van der Waals surface area contributed by atoms with Crippen LogP contribution in [0.15, 0.2) is 90.1 Å². The lowest BCUT2D eigenvalue weighted by Gasteiger charge is -2.40. The molecule has 0 radical (unpaired) electrons. The van der Waals surface area contributed by atoms with E-state index in [9.17, 15) is 8.42 Å². The van der Waals surface area contributed by atoms with Crippen molar-refractivity contribution in [1.29, 1.82) is 0 Å². The number of aromatic nitrogens is 1. The monoisotopic (exact) mass is 422 g/mol. The van der Waals surface area contributed by atoms with Crippen molar-refractivity contribution >= 4 is 15.7 Å². The molecule has 0 aliphatic carbocycles. The van der Waals surface area contributed by atoms with Crippen LogP contribution in [0.3, 0.4) is 0 Å². The highest BCUT2D eigenvalue weighted by Crippen LogP contribution is 2.24. The van der Waals surface area contributed by atoms with E-state index < -0.39 is 10.0 Å². The molecule has 30 heavy (non-hydrogen) atoms. The van der Waals surface area contributed by atoms with Crippen LogP contribution in [-0.4, -0.2) is 51.0 Å². The van der Waals surface area contributed by atoms with E-state index in [1.165, 1.54) is 5.69 Å². The SMILES string of the molecule is O=S(=O)(NC[C@@H](c1cccnc1)N1CCN(c2ccccc2)CC1)c1ccccc1. The van der Waals surface area contributed by atoms with E-state index in [2.05, 4.69) is 43.8 Å². The van der Waals surface area contributed by atoms with Gasteiger partial charge in [-0.15, -0.1) is 0 Å². The quantitative estimate of drug-likeness (QED) is 0.634. The van der Waals surface area contributed by atoms with Crippen molar-refractivity contribution in [3.63, 3.8) is 0 Å². The Morgan fingerprint density at radius 2 is 1.53 bits per heavy atom. The maximum absolute atomic E-state index is 12.7. The van der Waals surface area contributed by atoms with Crippen molar-refractivity contribution in [1.82, 2.24) is 14.6 Å². The summed E-state index contributed by atoms with van der Waals surface area (Å²) in [6.45, 7) is 3.79. The highest BCUT2D eigenvalue weighted by molar-refractivity contribution is 7.89. The minimum absolute atomic E-state index is 0.0740. The molecule has 1 fully saturated rings. The number of rotatable bonds is 7. The van der Waals surface area contributed by atoms with Crippen LogP contribution >= 0.6 is 0 Å². The Balaban J connectivity index is 1.47. The van der Waals surface area contributed by atoms with E-state index in [0.29, 0.717) is 6.54 Å². The third-order valence-electron chi connectivity index (χ3n) is 5.47. The van der Waals surface area contributed by atoms with Crippen molar-refractivity contribution < 1.29 is 8.42 Å². The molecule has 2 heterocycles. The molecule has 7 heteroatoms. The summed E-state index contributed by atoms with van der Waals surface area (Å²) in [5.74, 6) is 0. The van der Waals surface area contributed by atoms with Gasteiger partial charge in [-0.25, -0.2) is 13.1 Å². The van der Waals surface area contributed by atoms with Gasteiger partial charge in [0.1, 0.15) is 0 Å². The third kappa shape index (κ3) is 4.87. The Kier molecular flexibility index (Phi) is 6.42. The highest BCUT2D eigenvalue weighted by Gasteiger charge is 2.27. The molecule has 1 N–H and O–H groups in total. The highest BCUT2D eigenvalue weighted by atomic mass is 32.2. The van der Waals surface area contributed by atoms with Crippen molar-refractivity contribution in [2.45, 2.75) is 10.9 Å². The van der Waals surface area contributed by atoms with E-state index in [4.69, 9.17) is 0 Å². The van der Waals surface area contributed by atoms with Gasteiger partial charge < -0.3 is 4.90 Å². The fourth-order valence-electron chi connectivity index (χ4n) is 3.83. The molecule has 1 atom stereocenters. The first kappa shape index (κ1) is 20.5. The first-order valence-corrected chi connectivity index (χ1v) is 11.6. The Morgan fingerprint density at radius 1 is 0.867 bits per heavy atom. The molecule has 156 valence electrons. The van der Waals surface area contributed by atoms with Gasteiger partial charge in [0.05, 0.1) is 10.9 Å². The van der Waals surface area contributed by atoms with Gasteiger partial charge >= 0.3 is 0 Å². The largest absolute Gasteiger partial charge is 0.369 e. The lowest BCUT2D eigenvalue weighted by molar-refractivity contribution is 0.186. The topological polar surface area (TPSA) is 65.5 Å². The van der Waals surface area contributed by atoms with Crippen LogP contribution in [0.1, 0.15) is 11.6 Å². The lowest BCUT2D eigenvalue weighted by Crippen LogP contribution is -2.49. The average molecular weight is 423 g/mol. The molecular weight excluding hydrogens is 396 g/mol. The number of para-hydroxylation sites is 1. The summed E-state index contributed by atoms with van der Waals surface area (Å²) < 4.78 is 28.3. The van der Waals surface area contributed by atoms with Gasteiger partial charge in [-0.2, -0.15) is 0 Å². The van der Waals surface area contributed by atoms with Gasteiger partial charge in [-0.3, -0.25) is 9.88 Å². The molecule has 1 aliphatic rings. The number of nitrogens with one attached hydrogen (secondary N) is 1. The Bertz CT molecular complexity index is 1020. The molecule has 1 aromatic heterocycles. The van der Waals surface area contributed by atoms with Gasteiger partial charge in [-0.05, 0) is 35.9 Å². The molecular formula is C23H26N4O2S. The lowest BCUT2D eigenvalue weighted by atomic mass is 10.1. The Morgan fingerprint density at radius 3 is 2.17 bits per heavy atom. The van der Waals surface area contributed by atoms with E-state index in [-0.39, 0.29) is 10.9 Å². The number of nitrogens with zero attached hydrogens (tertiary/aromatic N) is 3. The van der Waals surface area contributed by atoms with Gasteiger partial charge in [0, 0.05) is 50.8 Å². The van der Waals surface area contributed by atoms with Crippen LogP contribution in [-0.2, 0) is 10.0 Å². The van der Waals surface area contributed by atoms with Gasteiger partial charge in [-0.1, -0.05) is 42.5 Å². The van der Waals surface area contributed by atoms with E-state index >= 15 is 0 Å². The van der Waals surface area contributed by atoms with Gasteiger partial charge in [0.25, 0.3) is 0 Å². The standard InChI is InChI=1S/C23H26N4O2S/c28-30(29,22-11-5-2-6-12-22)25-19-23(20-8-7-13-24-18-20)27-16-14-26(15-17-27)21-9-3-1-4-10-21/h1-13,18,23,25H,14-17,19H2/t23-/m0/s1. The first-order chi connectivity index (χ1) is 14.6. The second kappa shape index (κ2) is 9.38. The summed E-state index contributed by atoms with van der Waals surface area (Å²) >= 11 is 0. The molecule has 1 aliphatic heterocycles. The molecule has 1 saturated heterocycles. The van der Waals surface area contributed by atoms with E-state index in [1.807, 2.05) is 30.5 Å². The summed E-state index contributed by atoms with van der Waals surface area (Å²) in [4.78, 5) is 9.24. The van der Waals surface area contributed by atoms with E-state index in [0.717, 1.165) is 31.7 Å². The Labute approximate surface area is 178 Å². The summed E-state index contributed by atoms with van der Waals surface area (Å²) in [5.41, 5.74) is 2.24. The predicted octanol–water partition coefficient (Wildman–Crippen LogP) is 2.92. The number of sulfonamides is 1. The summed E-state index contributed by atoms with van der Waals surface area (Å²) in [6, 6.07) is 22.7. The maximum atomic E-state index is 12.7. The van der Waals surface area contributed by atoms with Crippen LogP contribution < -0.4 is 9.62 Å². The van der Waals surface area contributed by atoms with Crippen molar-refractivity contribution in [3.05, 3.63) is 90.8 Å². The number of benzene rings is 2. The zero-order valence-corrected chi connectivity index (χ0v) is 17.6. The second-order valence-corrected chi connectivity index (χ2v) is 9.09. The smallest absolute Gasteiger partial charge is 0.240 e. The fourth-order valence-corrected chi connectivity index (χ4v) is 4.89. The molecule has 0 amide bonds. The molecule has 6 nitrogen and oxygen atoms in total. The number of piperazine rings is 1. The fraction of sp³-hybridized carbons (Fsp3) is 0.261. The normalized spacial score (nSPS) is 16.3. The summed E-state index contributed by atoms with van der Waals surface area (Å²) in [6.07, 6.45) is 3.56. The Hall–Kier alpha value is -2.74. The minimum atomic E-state index is -3.56. The molecule has 3 aromatic rings. The molecule has 0 saturated carbocycles. The van der Waals surface area contributed by atoms with Crippen LogP contribution in [0.25, 0.3) is 0 Å². The molecule has 0 unspecified atom stereocenters. The summed E-state index contributed by atoms with van der Waals surface area (Å²) in [7, 11) is -3.56. The zero-order chi connectivity index (χ0) is 20.8. The minimum Gasteiger partial charge on any atom is -0.369 e. The van der Waals surface area contributed by atoms with Gasteiger partial charge in [0.2, 0.25) is 10.0 Å². The second-order valence-electron chi connectivity index (χ2n) is 7.33. The van der Waals surface area contributed by atoms with E-state index in [1.54, 1.807) is 30.5 Å². The zero-order valence-electron chi connectivity index (χ0n) is 16.8. The first-order valence-electron chi connectivity index (χ1n) is 10.1. The average Bonchev–Trinajstić information content (AvgIpc) is 2.81. The molecule has 0 bridgehead atoms. The van der Waals surface area contributed by atoms with Crippen LogP contribution in [0, 0.1) is 0 Å². The number of anilines is 1. The molecule has 0 spiro atoms. The van der Waals surface area contributed by atoms with Crippen molar-refractivity contribution in [3.8, 4) is 0 Å². The number of hydrogen-bond acceptors (Lipinski definition) is 5. The van der Waals surface area contributed by atoms with Crippen molar-refractivity contribution in [2.24, 2.45) is 0 Å². The van der Waals surface area contributed by atoms with Crippen molar-refractivity contribution in [2.75, 3.05) is 37.6 Å². The van der Waals surface area contributed by atoms with Gasteiger partial charge in [0.15, 0.2) is 0 Å². The van der Waals surface area contributed by atoms with Crippen LogP contribution in [0.4, 0.5) is 5.69 Å². The summed E-state index contributed by atoms with van der Waals surface area (Å²) in [5, 5.41) is 0. The van der Waals surface area contributed by atoms with Crippen LogP contribution in [0.5, 0.6) is 0 Å². The predicted molar refractivity (Wildman–Crippen MR) is 119 cm³/mol. The number of hydrogen-bond donors (Lipinski definition) is 1. The van der Waals surface area contributed by atoms with Crippen LogP contribution in [0.2, 0.25) is 0 Å². The number of pyridine rings is 1. The third-order valence-corrected chi connectivity index (χ3v) is 6.91.